The molecule has 0 N–H and O–H groups in total. The number of rotatable bonds is 3. The maximum Gasteiger partial charge on any atom is 0.271 e. The normalized spacial score (nSPS) is 21.2. The van der Waals surface area contributed by atoms with Crippen LogP contribution in [0.3, 0.4) is 0 Å². The Bertz CT molecular complexity index is 963. The molecule has 3 amide bonds. The SMILES string of the molecule is CC(=O)C(C)N1C(=O)C2(CC2)Oc2cc(F)c(N3C(=O)C=C(C)C3=O)cc21. The van der Waals surface area contributed by atoms with Crippen LogP contribution in [0, 0.1) is 5.82 Å². The summed E-state index contributed by atoms with van der Waals surface area (Å²) in [6, 6.07) is 1.49. The monoisotopic (exact) mass is 372 g/mol. The molecular weight excluding hydrogens is 355 g/mol. The first-order chi connectivity index (χ1) is 12.7. The van der Waals surface area contributed by atoms with Crippen LogP contribution in [0.15, 0.2) is 23.8 Å². The molecule has 2 heterocycles. The summed E-state index contributed by atoms with van der Waals surface area (Å²) >= 11 is 0. The number of halogens is 1. The van der Waals surface area contributed by atoms with Gasteiger partial charge in [-0.05, 0) is 26.8 Å². The van der Waals surface area contributed by atoms with Crippen molar-refractivity contribution in [3.8, 4) is 5.75 Å². The molecule has 1 atom stereocenters. The molecule has 0 bridgehead atoms. The van der Waals surface area contributed by atoms with Gasteiger partial charge < -0.3 is 4.74 Å². The summed E-state index contributed by atoms with van der Waals surface area (Å²) in [5.41, 5.74) is -0.972. The minimum absolute atomic E-state index is 0.116. The smallest absolute Gasteiger partial charge is 0.271 e. The minimum atomic E-state index is -1.05. The largest absolute Gasteiger partial charge is 0.475 e. The summed E-state index contributed by atoms with van der Waals surface area (Å²) in [6.07, 6.45) is 2.10. The van der Waals surface area contributed by atoms with Crippen molar-refractivity contribution >= 4 is 34.9 Å². The maximum absolute atomic E-state index is 14.7. The van der Waals surface area contributed by atoms with Crippen LogP contribution < -0.4 is 14.5 Å². The third-order valence-electron chi connectivity index (χ3n) is 5.22. The first-order valence-corrected chi connectivity index (χ1v) is 8.60. The molecule has 1 unspecified atom stereocenters. The summed E-state index contributed by atoms with van der Waals surface area (Å²) in [7, 11) is 0. The van der Waals surface area contributed by atoms with E-state index in [4.69, 9.17) is 4.74 Å². The highest BCUT2D eigenvalue weighted by molar-refractivity contribution is 6.30. The van der Waals surface area contributed by atoms with E-state index in [9.17, 15) is 23.6 Å². The molecule has 4 rings (SSSR count). The highest BCUT2D eigenvalue weighted by atomic mass is 19.1. The lowest BCUT2D eigenvalue weighted by Crippen LogP contribution is -2.53. The van der Waals surface area contributed by atoms with Crippen molar-refractivity contribution in [1.82, 2.24) is 0 Å². The molecule has 8 heteroatoms. The van der Waals surface area contributed by atoms with E-state index in [0.29, 0.717) is 17.7 Å². The first kappa shape index (κ1) is 17.4. The molecule has 0 radical (unpaired) electrons. The van der Waals surface area contributed by atoms with E-state index in [2.05, 4.69) is 0 Å². The van der Waals surface area contributed by atoms with Crippen LogP contribution in [0.1, 0.15) is 33.6 Å². The second-order valence-corrected chi connectivity index (χ2v) is 7.14. The molecule has 0 saturated heterocycles. The summed E-state index contributed by atoms with van der Waals surface area (Å²) < 4.78 is 20.5. The van der Waals surface area contributed by atoms with E-state index < -0.39 is 29.3 Å². The summed E-state index contributed by atoms with van der Waals surface area (Å²) in [6.45, 7) is 4.40. The van der Waals surface area contributed by atoms with Crippen LogP contribution in [-0.4, -0.2) is 35.1 Å². The van der Waals surface area contributed by atoms with Gasteiger partial charge in [-0.1, -0.05) is 0 Å². The number of hydrogen-bond donors (Lipinski definition) is 0. The number of amides is 3. The fraction of sp³-hybridized carbons (Fsp3) is 0.368. The van der Waals surface area contributed by atoms with E-state index in [-0.39, 0.29) is 34.4 Å². The van der Waals surface area contributed by atoms with Crippen LogP contribution in [0.25, 0.3) is 0 Å². The second kappa shape index (κ2) is 5.48. The Hall–Kier alpha value is -3.03. The Labute approximate surface area is 154 Å². The van der Waals surface area contributed by atoms with Crippen molar-refractivity contribution in [1.29, 1.82) is 0 Å². The van der Waals surface area contributed by atoms with Gasteiger partial charge in [0.2, 0.25) is 0 Å². The van der Waals surface area contributed by atoms with E-state index in [1.165, 1.54) is 24.8 Å². The van der Waals surface area contributed by atoms with Crippen molar-refractivity contribution in [2.24, 2.45) is 0 Å². The number of hydrogen-bond acceptors (Lipinski definition) is 5. The molecule has 1 fully saturated rings. The number of anilines is 2. The van der Waals surface area contributed by atoms with Crippen LogP contribution in [0.2, 0.25) is 0 Å². The fourth-order valence-electron chi connectivity index (χ4n) is 3.37. The minimum Gasteiger partial charge on any atom is -0.475 e. The number of ether oxygens (including phenoxy) is 1. The van der Waals surface area contributed by atoms with Gasteiger partial charge in [0.05, 0.1) is 17.4 Å². The zero-order chi connectivity index (χ0) is 19.7. The van der Waals surface area contributed by atoms with Gasteiger partial charge in [-0.25, -0.2) is 9.29 Å². The van der Waals surface area contributed by atoms with Crippen molar-refractivity contribution in [3.63, 3.8) is 0 Å². The number of ketones is 1. The van der Waals surface area contributed by atoms with E-state index >= 15 is 0 Å². The molecule has 1 aromatic carbocycles. The van der Waals surface area contributed by atoms with E-state index in [1.54, 1.807) is 6.92 Å². The molecule has 2 aliphatic heterocycles. The lowest BCUT2D eigenvalue weighted by molar-refractivity contribution is -0.131. The van der Waals surface area contributed by atoms with Gasteiger partial charge in [-0.3, -0.25) is 24.1 Å². The van der Waals surface area contributed by atoms with Gasteiger partial charge in [-0.15, -0.1) is 0 Å². The molecule has 1 aliphatic carbocycles. The quantitative estimate of drug-likeness (QED) is 0.757. The molecule has 140 valence electrons. The highest BCUT2D eigenvalue weighted by Gasteiger charge is 2.59. The Morgan fingerprint density at radius 3 is 2.41 bits per heavy atom. The fourth-order valence-corrected chi connectivity index (χ4v) is 3.37. The van der Waals surface area contributed by atoms with Gasteiger partial charge in [0.1, 0.15) is 5.75 Å². The van der Waals surface area contributed by atoms with Gasteiger partial charge in [0, 0.05) is 30.6 Å². The van der Waals surface area contributed by atoms with Crippen LogP contribution in [0.4, 0.5) is 15.8 Å². The standard InChI is InChI=1S/C19H17FN2O5/c1-9-6-16(24)22(17(9)25)13-8-14-15(7-12(13)20)27-19(4-5-19)18(26)21(14)10(2)11(3)23/h6-8,10H,4-5H2,1-3H3. The molecule has 3 aliphatic rings. The van der Waals surface area contributed by atoms with Gasteiger partial charge in [0.15, 0.2) is 17.2 Å². The Balaban J connectivity index is 1.86. The maximum atomic E-state index is 14.7. The van der Waals surface area contributed by atoms with Crippen molar-refractivity contribution in [2.45, 2.75) is 45.3 Å². The number of imide groups is 1. The number of Topliss-reactive ketones (excluding diaryl/α,β-unsaturated/α-hetero) is 1. The predicted molar refractivity (Wildman–Crippen MR) is 92.9 cm³/mol. The topological polar surface area (TPSA) is 84.0 Å². The third-order valence-corrected chi connectivity index (χ3v) is 5.22. The van der Waals surface area contributed by atoms with Crippen LogP contribution in [-0.2, 0) is 19.2 Å². The summed E-state index contributed by atoms with van der Waals surface area (Å²) in [4.78, 5) is 51.2. The molecule has 1 aromatic rings. The van der Waals surface area contributed by atoms with Gasteiger partial charge in [-0.2, -0.15) is 0 Å². The zero-order valence-corrected chi connectivity index (χ0v) is 15.0. The molecule has 7 nitrogen and oxygen atoms in total. The molecule has 27 heavy (non-hydrogen) atoms. The van der Waals surface area contributed by atoms with Crippen molar-refractivity contribution in [3.05, 3.63) is 29.6 Å². The predicted octanol–water partition coefficient (Wildman–Crippen LogP) is 1.88. The Kier molecular flexibility index (Phi) is 3.53. The number of fused-ring (bicyclic) bond motifs is 1. The van der Waals surface area contributed by atoms with Crippen molar-refractivity contribution in [2.75, 3.05) is 9.80 Å². The first-order valence-electron chi connectivity index (χ1n) is 8.60. The Morgan fingerprint density at radius 2 is 1.89 bits per heavy atom. The zero-order valence-electron chi connectivity index (χ0n) is 15.0. The lowest BCUT2D eigenvalue weighted by Gasteiger charge is -2.38. The van der Waals surface area contributed by atoms with Crippen LogP contribution >= 0.6 is 0 Å². The number of carbonyl (C=O) groups excluding carboxylic acids is 4. The highest BCUT2D eigenvalue weighted by Crippen LogP contribution is 2.51. The number of benzene rings is 1. The molecule has 1 saturated carbocycles. The Morgan fingerprint density at radius 1 is 1.22 bits per heavy atom. The van der Waals surface area contributed by atoms with E-state index in [1.807, 2.05) is 0 Å². The second-order valence-electron chi connectivity index (χ2n) is 7.14. The average Bonchev–Trinajstić information content (AvgIpc) is 3.32. The lowest BCUT2D eigenvalue weighted by atomic mass is 10.1. The molecule has 1 spiro atoms. The summed E-state index contributed by atoms with van der Waals surface area (Å²) in [5.74, 6) is -2.62. The third kappa shape index (κ3) is 2.39. The summed E-state index contributed by atoms with van der Waals surface area (Å²) in [5, 5.41) is 0. The van der Waals surface area contributed by atoms with Crippen LogP contribution in [0.5, 0.6) is 5.75 Å². The average molecular weight is 372 g/mol. The molecular formula is C19H17FN2O5. The molecule has 0 aromatic heterocycles. The van der Waals surface area contributed by atoms with Gasteiger partial charge in [0.25, 0.3) is 17.7 Å². The van der Waals surface area contributed by atoms with Gasteiger partial charge >= 0.3 is 0 Å². The number of carbonyl (C=O) groups is 4. The van der Waals surface area contributed by atoms with E-state index in [0.717, 1.165) is 12.1 Å². The van der Waals surface area contributed by atoms with Crippen molar-refractivity contribution < 1.29 is 28.3 Å². The number of nitrogens with zero attached hydrogens (tertiary/aromatic N) is 2.